The third kappa shape index (κ3) is 3.82. The van der Waals surface area contributed by atoms with Crippen LogP contribution in [-0.2, 0) is 0 Å². The Morgan fingerprint density at radius 3 is 2.55 bits per heavy atom. The molecule has 0 saturated heterocycles. The molecular formula is C23H20ClN3O2. The van der Waals surface area contributed by atoms with E-state index in [0.29, 0.717) is 16.3 Å². The maximum atomic E-state index is 13.3. The molecule has 1 unspecified atom stereocenters. The van der Waals surface area contributed by atoms with Crippen molar-refractivity contribution in [1.29, 1.82) is 0 Å². The summed E-state index contributed by atoms with van der Waals surface area (Å²) in [4.78, 5) is 13.3. The molecule has 6 heteroatoms. The van der Waals surface area contributed by atoms with Crippen molar-refractivity contribution in [2.24, 2.45) is 5.10 Å². The number of nitrogens with zero attached hydrogens (tertiary/aromatic N) is 2. The number of carbonyl (C=O) groups excluding carboxylic acids is 1. The fraction of sp³-hybridized carbons (Fsp3) is 0.130. The summed E-state index contributed by atoms with van der Waals surface area (Å²) in [5.41, 5.74) is 3.83. The lowest BCUT2D eigenvalue weighted by Gasteiger charge is -2.35. The standard InChI is InChI=1S/C23H20ClN3O2/c1-15(16-10-12-19(29-2)13-11-16)26-27-22(17-6-5-7-18(24)14-17)25-21-9-4-3-8-20(21)23(27)28/h3-14,22,25H,1-2H3/b26-15+. The molecule has 146 valence electrons. The van der Waals surface area contributed by atoms with Crippen molar-refractivity contribution in [2.45, 2.75) is 13.1 Å². The van der Waals surface area contributed by atoms with Gasteiger partial charge >= 0.3 is 0 Å². The van der Waals surface area contributed by atoms with Gasteiger partial charge in [0, 0.05) is 10.7 Å². The summed E-state index contributed by atoms with van der Waals surface area (Å²) in [5, 5.41) is 10.2. The van der Waals surface area contributed by atoms with Crippen LogP contribution in [0.5, 0.6) is 5.75 Å². The van der Waals surface area contributed by atoms with Crippen LogP contribution in [0.3, 0.4) is 0 Å². The van der Waals surface area contributed by atoms with Crippen molar-refractivity contribution in [3.8, 4) is 5.75 Å². The van der Waals surface area contributed by atoms with Gasteiger partial charge in [-0.05, 0) is 66.6 Å². The zero-order chi connectivity index (χ0) is 20.4. The van der Waals surface area contributed by atoms with Crippen LogP contribution in [0.4, 0.5) is 5.69 Å². The molecule has 1 aliphatic heterocycles. The Morgan fingerprint density at radius 1 is 1.07 bits per heavy atom. The third-order valence-electron chi connectivity index (χ3n) is 4.83. The minimum Gasteiger partial charge on any atom is -0.497 e. The summed E-state index contributed by atoms with van der Waals surface area (Å²) in [6.07, 6.45) is -0.468. The van der Waals surface area contributed by atoms with Gasteiger partial charge in [0.2, 0.25) is 0 Å². The molecule has 1 amide bonds. The SMILES string of the molecule is COc1ccc(/C(C)=N/N2C(=O)c3ccccc3NC2c2cccc(Cl)c2)cc1. The predicted octanol–water partition coefficient (Wildman–Crippen LogP) is 5.34. The number of hydrogen-bond donors (Lipinski definition) is 1. The van der Waals surface area contributed by atoms with Crippen LogP contribution in [0.15, 0.2) is 77.9 Å². The molecule has 1 N–H and O–H groups in total. The molecule has 1 aliphatic rings. The smallest absolute Gasteiger partial charge is 0.278 e. The molecule has 3 aromatic rings. The first-order valence-corrected chi connectivity index (χ1v) is 9.59. The number of hydrazone groups is 1. The normalized spacial score (nSPS) is 16.2. The van der Waals surface area contributed by atoms with Crippen molar-refractivity contribution in [3.63, 3.8) is 0 Å². The summed E-state index contributed by atoms with van der Waals surface area (Å²) < 4.78 is 5.21. The molecule has 0 bridgehead atoms. The summed E-state index contributed by atoms with van der Waals surface area (Å²) in [5.74, 6) is 0.597. The van der Waals surface area contributed by atoms with E-state index in [1.165, 1.54) is 5.01 Å². The maximum absolute atomic E-state index is 13.3. The average Bonchev–Trinajstić information content (AvgIpc) is 2.75. The van der Waals surface area contributed by atoms with E-state index in [4.69, 9.17) is 16.3 Å². The van der Waals surface area contributed by atoms with Crippen LogP contribution in [-0.4, -0.2) is 23.7 Å². The first kappa shape index (κ1) is 19.0. The van der Waals surface area contributed by atoms with Crippen LogP contribution >= 0.6 is 11.6 Å². The van der Waals surface area contributed by atoms with Gasteiger partial charge in [-0.25, -0.2) is 5.01 Å². The number of rotatable bonds is 4. The summed E-state index contributed by atoms with van der Waals surface area (Å²) in [6, 6.07) is 22.4. The molecule has 3 aromatic carbocycles. The van der Waals surface area contributed by atoms with E-state index in [2.05, 4.69) is 10.4 Å². The molecule has 0 saturated carbocycles. The second-order valence-corrected chi connectivity index (χ2v) is 7.15. The predicted molar refractivity (Wildman–Crippen MR) is 116 cm³/mol. The number of hydrogen-bond acceptors (Lipinski definition) is 4. The highest BCUT2D eigenvalue weighted by atomic mass is 35.5. The van der Waals surface area contributed by atoms with E-state index < -0.39 is 6.17 Å². The highest BCUT2D eigenvalue weighted by Gasteiger charge is 2.33. The van der Waals surface area contributed by atoms with E-state index in [1.807, 2.05) is 67.6 Å². The van der Waals surface area contributed by atoms with Gasteiger partial charge in [0.1, 0.15) is 5.75 Å². The second kappa shape index (κ2) is 7.97. The van der Waals surface area contributed by atoms with Crippen LogP contribution < -0.4 is 10.1 Å². The van der Waals surface area contributed by atoms with Crippen molar-refractivity contribution in [2.75, 3.05) is 12.4 Å². The van der Waals surface area contributed by atoms with Crippen LogP contribution in [0.2, 0.25) is 5.02 Å². The minimum atomic E-state index is -0.468. The molecule has 0 spiro atoms. The molecule has 5 nitrogen and oxygen atoms in total. The molecule has 4 rings (SSSR count). The summed E-state index contributed by atoms with van der Waals surface area (Å²) >= 11 is 6.20. The fourth-order valence-electron chi connectivity index (χ4n) is 3.30. The molecule has 0 aromatic heterocycles. The summed E-state index contributed by atoms with van der Waals surface area (Å²) in [6.45, 7) is 1.88. The largest absolute Gasteiger partial charge is 0.497 e. The number of halogens is 1. The van der Waals surface area contributed by atoms with Gasteiger partial charge < -0.3 is 10.1 Å². The van der Waals surface area contributed by atoms with Crippen molar-refractivity contribution in [1.82, 2.24) is 5.01 Å². The Bertz CT molecular complexity index is 1080. The second-order valence-electron chi connectivity index (χ2n) is 6.71. The van der Waals surface area contributed by atoms with Crippen molar-refractivity contribution >= 4 is 28.9 Å². The number of para-hydroxylation sites is 1. The lowest BCUT2D eigenvalue weighted by molar-refractivity contribution is 0.0690. The first-order chi connectivity index (χ1) is 14.1. The third-order valence-corrected chi connectivity index (χ3v) is 5.07. The van der Waals surface area contributed by atoms with Crippen LogP contribution in [0.25, 0.3) is 0 Å². The minimum absolute atomic E-state index is 0.169. The number of benzene rings is 3. The lowest BCUT2D eigenvalue weighted by Crippen LogP contribution is -2.40. The van der Waals surface area contributed by atoms with E-state index in [9.17, 15) is 4.79 Å². The zero-order valence-corrected chi connectivity index (χ0v) is 16.9. The van der Waals surface area contributed by atoms with Crippen LogP contribution in [0, 0.1) is 0 Å². The highest BCUT2D eigenvalue weighted by molar-refractivity contribution is 6.30. The summed E-state index contributed by atoms with van der Waals surface area (Å²) in [7, 11) is 1.63. The molecule has 1 atom stereocenters. The van der Waals surface area contributed by atoms with E-state index in [-0.39, 0.29) is 5.91 Å². The quantitative estimate of drug-likeness (QED) is 0.596. The molecule has 0 radical (unpaired) electrons. The molecule has 0 aliphatic carbocycles. The maximum Gasteiger partial charge on any atom is 0.278 e. The number of ether oxygens (including phenoxy) is 1. The Morgan fingerprint density at radius 2 is 1.83 bits per heavy atom. The number of methoxy groups -OCH3 is 1. The molecule has 29 heavy (non-hydrogen) atoms. The van der Waals surface area contributed by atoms with Crippen molar-refractivity contribution in [3.05, 3.63) is 94.5 Å². The Labute approximate surface area is 174 Å². The van der Waals surface area contributed by atoms with Gasteiger partial charge in [-0.3, -0.25) is 4.79 Å². The molecular weight excluding hydrogens is 386 g/mol. The Hall–Kier alpha value is -3.31. The number of amides is 1. The van der Waals surface area contributed by atoms with Crippen molar-refractivity contribution < 1.29 is 9.53 Å². The van der Waals surface area contributed by atoms with E-state index in [1.54, 1.807) is 19.2 Å². The van der Waals surface area contributed by atoms with Gasteiger partial charge in [0.25, 0.3) is 5.91 Å². The average molecular weight is 406 g/mol. The topological polar surface area (TPSA) is 53.9 Å². The van der Waals surface area contributed by atoms with Gasteiger partial charge in [-0.2, -0.15) is 5.10 Å². The number of fused-ring (bicyclic) bond motifs is 1. The Balaban J connectivity index is 1.77. The fourth-order valence-corrected chi connectivity index (χ4v) is 3.50. The first-order valence-electron chi connectivity index (χ1n) is 9.21. The van der Waals surface area contributed by atoms with Gasteiger partial charge in [0.05, 0.1) is 18.4 Å². The number of carbonyl (C=O) groups is 1. The molecule has 1 heterocycles. The van der Waals surface area contributed by atoms with Gasteiger partial charge in [-0.15, -0.1) is 0 Å². The Kier molecular flexibility index (Phi) is 5.23. The van der Waals surface area contributed by atoms with E-state index in [0.717, 1.165) is 22.6 Å². The monoisotopic (exact) mass is 405 g/mol. The lowest BCUT2D eigenvalue weighted by atomic mass is 10.0. The van der Waals surface area contributed by atoms with Gasteiger partial charge in [0.15, 0.2) is 6.17 Å². The van der Waals surface area contributed by atoms with Crippen LogP contribution in [0.1, 0.15) is 34.6 Å². The highest BCUT2D eigenvalue weighted by Crippen LogP contribution is 2.34. The zero-order valence-electron chi connectivity index (χ0n) is 16.1. The van der Waals surface area contributed by atoms with E-state index >= 15 is 0 Å². The number of anilines is 1. The molecule has 0 fully saturated rings. The van der Waals surface area contributed by atoms with Gasteiger partial charge in [-0.1, -0.05) is 35.9 Å². The number of nitrogens with one attached hydrogen (secondary N) is 1.